The lowest BCUT2D eigenvalue weighted by Crippen LogP contribution is -2.45. The Bertz CT molecular complexity index is 541. The van der Waals surface area contributed by atoms with Crippen LogP contribution in [0.1, 0.15) is 25.7 Å². The average molecular weight is 346 g/mol. The van der Waals surface area contributed by atoms with E-state index in [1.807, 2.05) is 11.8 Å². The van der Waals surface area contributed by atoms with Gasteiger partial charge in [0.2, 0.25) is 0 Å². The summed E-state index contributed by atoms with van der Waals surface area (Å²) in [6.45, 7) is 0.703. The van der Waals surface area contributed by atoms with Gasteiger partial charge in [-0.25, -0.2) is 0 Å². The molecule has 2 fully saturated rings. The highest BCUT2D eigenvalue weighted by Crippen LogP contribution is 2.40. The van der Waals surface area contributed by atoms with Gasteiger partial charge in [-0.2, -0.15) is 11.8 Å². The van der Waals surface area contributed by atoms with E-state index in [9.17, 15) is 4.21 Å². The molecule has 2 unspecified atom stereocenters. The fourth-order valence-corrected chi connectivity index (χ4v) is 6.17. The molecule has 0 bridgehead atoms. The fraction of sp³-hybridized carbons (Fsp3) is 0.600. The Morgan fingerprint density at radius 2 is 2.14 bits per heavy atom. The summed E-state index contributed by atoms with van der Waals surface area (Å²) in [6.07, 6.45) is 3.86. The number of nitrogens with two attached hydrogens (primary N) is 1. The van der Waals surface area contributed by atoms with Crippen molar-refractivity contribution >= 4 is 39.8 Å². The second-order valence-electron chi connectivity index (χ2n) is 5.74. The molecule has 3 rings (SSSR count). The van der Waals surface area contributed by atoms with Crippen LogP contribution in [0.15, 0.2) is 23.1 Å². The molecule has 2 aliphatic heterocycles. The zero-order valence-corrected chi connectivity index (χ0v) is 14.2. The van der Waals surface area contributed by atoms with Crippen molar-refractivity contribution in [2.24, 2.45) is 0 Å². The lowest BCUT2D eigenvalue weighted by Gasteiger charge is -2.43. The number of benzene rings is 1. The number of ether oxygens (including phenoxy) is 1. The summed E-state index contributed by atoms with van der Waals surface area (Å²) in [7, 11) is -1.09. The monoisotopic (exact) mass is 345 g/mol. The van der Waals surface area contributed by atoms with Crippen molar-refractivity contribution in [2.45, 2.75) is 41.4 Å². The Morgan fingerprint density at radius 1 is 1.38 bits per heavy atom. The highest BCUT2D eigenvalue weighted by Gasteiger charge is 2.41. The summed E-state index contributed by atoms with van der Waals surface area (Å²) in [5.74, 6) is 2.28. The Labute approximate surface area is 137 Å². The zero-order chi connectivity index (χ0) is 14.9. The largest absolute Gasteiger partial charge is 0.398 e. The van der Waals surface area contributed by atoms with Crippen molar-refractivity contribution < 1.29 is 8.95 Å². The first-order chi connectivity index (χ1) is 10.1. The van der Waals surface area contributed by atoms with Crippen LogP contribution in [-0.4, -0.2) is 33.2 Å². The van der Waals surface area contributed by atoms with Crippen LogP contribution in [0.3, 0.4) is 0 Å². The molecule has 2 atom stereocenters. The molecule has 6 heteroatoms. The number of thioether (sulfide) groups is 1. The summed E-state index contributed by atoms with van der Waals surface area (Å²) in [5.41, 5.74) is 6.46. The molecule has 116 valence electrons. The Hall–Kier alpha value is -0.230. The molecule has 1 aromatic carbocycles. The Morgan fingerprint density at radius 3 is 2.86 bits per heavy atom. The molecule has 2 N–H and O–H groups in total. The zero-order valence-electron chi connectivity index (χ0n) is 11.8. The van der Waals surface area contributed by atoms with Gasteiger partial charge in [-0.1, -0.05) is 11.6 Å². The standard InChI is InChI=1S/C15H20ClNO2S2/c16-11-1-2-14(13(17)9-11)21(18)12-3-6-19-15(10-12)4-7-20-8-5-15/h1-2,9,12H,3-8,10,17H2. The summed E-state index contributed by atoms with van der Waals surface area (Å²) < 4.78 is 19.0. The van der Waals surface area contributed by atoms with Crippen LogP contribution >= 0.6 is 23.4 Å². The fourth-order valence-electron chi connectivity index (χ4n) is 3.14. The Balaban J connectivity index is 1.77. The van der Waals surface area contributed by atoms with Gasteiger partial charge < -0.3 is 10.5 Å². The third kappa shape index (κ3) is 3.41. The van der Waals surface area contributed by atoms with E-state index in [1.165, 1.54) is 0 Å². The van der Waals surface area contributed by atoms with Gasteiger partial charge in [0.05, 0.1) is 21.3 Å². The maximum Gasteiger partial charge on any atom is 0.0709 e. The minimum absolute atomic E-state index is 0.0506. The van der Waals surface area contributed by atoms with Crippen molar-refractivity contribution in [2.75, 3.05) is 23.8 Å². The van der Waals surface area contributed by atoms with Crippen molar-refractivity contribution in [3.63, 3.8) is 0 Å². The first-order valence-electron chi connectivity index (χ1n) is 7.27. The molecular weight excluding hydrogens is 326 g/mol. The van der Waals surface area contributed by atoms with Crippen LogP contribution in [0.25, 0.3) is 0 Å². The average Bonchev–Trinajstić information content (AvgIpc) is 2.47. The van der Waals surface area contributed by atoms with Crippen LogP contribution in [-0.2, 0) is 15.5 Å². The molecule has 2 heterocycles. The normalized spacial score (nSPS) is 26.6. The van der Waals surface area contributed by atoms with E-state index in [-0.39, 0.29) is 10.9 Å². The van der Waals surface area contributed by atoms with E-state index in [0.717, 1.165) is 37.2 Å². The Kier molecular flexibility index (Phi) is 4.84. The van der Waals surface area contributed by atoms with Crippen LogP contribution in [0.5, 0.6) is 0 Å². The second kappa shape index (κ2) is 6.49. The molecule has 1 aromatic rings. The van der Waals surface area contributed by atoms with E-state index in [0.29, 0.717) is 22.2 Å². The van der Waals surface area contributed by atoms with Gasteiger partial charge >= 0.3 is 0 Å². The van der Waals surface area contributed by atoms with Gasteiger partial charge in [-0.15, -0.1) is 0 Å². The summed E-state index contributed by atoms with van der Waals surface area (Å²) >= 11 is 7.90. The maximum absolute atomic E-state index is 12.9. The van der Waals surface area contributed by atoms with E-state index in [1.54, 1.807) is 18.2 Å². The van der Waals surface area contributed by atoms with Crippen LogP contribution in [0, 0.1) is 0 Å². The van der Waals surface area contributed by atoms with E-state index in [2.05, 4.69) is 0 Å². The molecular formula is C15H20ClNO2S2. The predicted octanol–water partition coefficient (Wildman–Crippen LogP) is 3.47. The number of nitrogen functional groups attached to an aromatic ring is 1. The lowest BCUT2D eigenvalue weighted by molar-refractivity contribution is -0.0809. The summed E-state index contributed by atoms with van der Waals surface area (Å²) in [6, 6.07) is 5.24. The van der Waals surface area contributed by atoms with Gasteiger partial charge in [0.1, 0.15) is 0 Å². The minimum Gasteiger partial charge on any atom is -0.398 e. The van der Waals surface area contributed by atoms with Gasteiger partial charge in [0.25, 0.3) is 0 Å². The summed E-state index contributed by atoms with van der Waals surface area (Å²) in [4.78, 5) is 0.714. The molecule has 2 saturated heterocycles. The van der Waals surface area contributed by atoms with Crippen LogP contribution < -0.4 is 5.73 Å². The molecule has 0 aliphatic carbocycles. The molecule has 21 heavy (non-hydrogen) atoms. The smallest absolute Gasteiger partial charge is 0.0709 e. The van der Waals surface area contributed by atoms with Crippen LogP contribution in [0.4, 0.5) is 5.69 Å². The first kappa shape index (κ1) is 15.7. The second-order valence-corrected chi connectivity index (χ2v) is 9.10. The van der Waals surface area contributed by atoms with Crippen molar-refractivity contribution in [1.29, 1.82) is 0 Å². The van der Waals surface area contributed by atoms with Gasteiger partial charge in [0.15, 0.2) is 0 Å². The highest BCUT2D eigenvalue weighted by atomic mass is 35.5. The lowest BCUT2D eigenvalue weighted by atomic mass is 9.88. The van der Waals surface area contributed by atoms with Gasteiger partial charge in [-0.3, -0.25) is 4.21 Å². The maximum atomic E-state index is 12.9. The quantitative estimate of drug-likeness (QED) is 0.834. The highest BCUT2D eigenvalue weighted by molar-refractivity contribution is 7.99. The third-order valence-electron chi connectivity index (χ3n) is 4.34. The van der Waals surface area contributed by atoms with E-state index < -0.39 is 10.8 Å². The number of hydrogen-bond donors (Lipinski definition) is 1. The molecule has 0 aromatic heterocycles. The number of halogens is 1. The van der Waals surface area contributed by atoms with Crippen LogP contribution in [0.2, 0.25) is 5.02 Å². The molecule has 0 saturated carbocycles. The molecule has 2 aliphatic rings. The molecule has 0 radical (unpaired) electrons. The number of hydrogen-bond acceptors (Lipinski definition) is 4. The van der Waals surface area contributed by atoms with Crippen molar-refractivity contribution in [3.8, 4) is 0 Å². The number of anilines is 1. The topological polar surface area (TPSA) is 52.3 Å². The van der Waals surface area contributed by atoms with Crippen molar-refractivity contribution in [1.82, 2.24) is 0 Å². The first-order valence-corrected chi connectivity index (χ1v) is 10.0. The molecule has 3 nitrogen and oxygen atoms in total. The molecule has 0 amide bonds. The van der Waals surface area contributed by atoms with E-state index in [4.69, 9.17) is 22.1 Å². The minimum atomic E-state index is -1.09. The SMILES string of the molecule is Nc1cc(Cl)ccc1S(=O)C1CCOC2(CCSCC2)C1. The molecule has 1 spiro atoms. The predicted molar refractivity (Wildman–Crippen MR) is 90.5 cm³/mol. The third-order valence-corrected chi connectivity index (χ3v) is 7.38. The number of rotatable bonds is 2. The van der Waals surface area contributed by atoms with Crippen molar-refractivity contribution in [3.05, 3.63) is 23.2 Å². The van der Waals surface area contributed by atoms with Gasteiger partial charge in [-0.05, 0) is 55.4 Å². The van der Waals surface area contributed by atoms with E-state index >= 15 is 0 Å². The summed E-state index contributed by atoms with van der Waals surface area (Å²) in [5, 5.41) is 0.714. The van der Waals surface area contributed by atoms with Gasteiger partial charge in [0, 0.05) is 22.6 Å².